The zero-order valence-corrected chi connectivity index (χ0v) is 8.18. The van der Waals surface area contributed by atoms with E-state index in [2.05, 4.69) is 10.3 Å². The summed E-state index contributed by atoms with van der Waals surface area (Å²) in [5.41, 5.74) is -0.204. The number of amides is 1. The first-order chi connectivity index (χ1) is 7.10. The van der Waals surface area contributed by atoms with Crippen molar-refractivity contribution in [2.24, 2.45) is 0 Å². The van der Waals surface area contributed by atoms with Gasteiger partial charge in [-0.1, -0.05) is 0 Å². The second kappa shape index (κ2) is 4.36. The first-order valence-corrected chi connectivity index (χ1v) is 4.00. The number of rotatable bonds is 3. The minimum absolute atomic E-state index is 0.0191. The molecule has 0 saturated carbocycles. The molecule has 1 amide bonds. The Kier molecular flexibility index (Phi) is 3.17. The van der Waals surface area contributed by atoms with Crippen LogP contribution >= 0.6 is 0 Å². The van der Waals surface area contributed by atoms with E-state index in [1.807, 2.05) is 0 Å². The number of nitrogens with zero attached hydrogens (tertiary/aromatic N) is 2. The number of hydrogen-bond donors (Lipinski definition) is 1. The molecule has 1 heterocycles. The zero-order valence-electron chi connectivity index (χ0n) is 8.18. The Morgan fingerprint density at radius 3 is 2.80 bits per heavy atom. The summed E-state index contributed by atoms with van der Waals surface area (Å²) in [6.45, 7) is 0. The van der Waals surface area contributed by atoms with Crippen LogP contribution in [-0.2, 0) is 0 Å². The van der Waals surface area contributed by atoms with E-state index in [9.17, 15) is 14.9 Å². The predicted molar refractivity (Wildman–Crippen MR) is 50.8 cm³/mol. The summed E-state index contributed by atoms with van der Waals surface area (Å²) < 4.78 is 4.83. The van der Waals surface area contributed by atoms with Crippen molar-refractivity contribution in [2.75, 3.05) is 14.2 Å². The maximum atomic E-state index is 11.3. The second-order valence-corrected chi connectivity index (χ2v) is 2.58. The molecule has 1 aromatic rings. The van der Waals surface area contributed by atoms with Crippen LogP contribution < -0.4 is 10.1 Å². The monoisotopic (exact) mass is 211 g/mol. The van der Waals surface area contributed by atoms with Gasteiger partial charge < -0.3 is 10.1 Å². The quantitative estimate of drug-likeness (QED) is 0.575. The van der Waals surface area contributed by atoms with Crippen LogP contribution in [0.1, 0.15) is 10.5 Å². The second-order valence-electron chi connectivity index (χ2n) is 2.58. The van der Waals surface area contributed by atoms with Crippen LogP contribution in [0.5, 0.6) is 5.75 Å². The summed E-state index contributed by atoms with van der Waals surface area (Å²) in [6.07, 6.45) is 1.01. The lowest BCUT2D eigenvalue weighted by atomic mass is 10.3. The van der Waals surface area contributed by atoms with Gasteiger partial charge >= 0.3 is 0 Å². The minimum Gasteiger partial charge on any atom is -0.494 e. The molecular formula is C8H9N3O4. The molecule has 15 heavy (non-hydrogen) atoms. The van der Waals surface area contributed by atoms with Crippen LogP contribution in [0.2, 0.25) is 0 Å². The van der Waals surface area contributed by atoms with Crippen LogP contribution in [0, 0.1) is 10.1 Å². The fourth-order valence-electron chi connectivity index (χ4n) is 0.979. The molecule has 0 unspecified atom stereocenters. The number of pyridine rings is 1. The minimum atomic E-state index is -0.608. The Hall–Kier alpha value is -2.18. The average molecular weight is 211 g/mol. The topological polar surface area (TPSA) is 94.4 Å². The number of ether oxygens (including phenoxy) is 1. The number of carbonyl (C=O) groups excluding carboxylic acids is 1. The van der Waals surface area contributed by atoms with Gasteiger partial charge in [0.15, 0.2) is 11.4 Å². The lowest BCUT2D eigenvalue weighted by molar-refractivity contribution is -0.385. The molecule has 1 aromatic heterocycles. The summed E-state index contributed by atoms with van der Waals surface area (Å²) in [6, 6.07) is 1.15. The van der Waals surface area contributed by atoms with E-state index in [4.69, 9.17) is 4.74 Å². The Morgan fingerprint density at radius 1 is 1.67 bits per heavy atom. The van der Waals surface area contributed by atoms with Crippen molar-refractivity contribution in [1.29, 1.82) is 0 Å². The van der Waals surface area contributed by atoms with Crippen molar-refractivity contribution < 1.29 is 14.5 Å². The Balaban J connectivity index is 3.20. The van der Waals surface area contributed by atoms with Gasteiger partial charge in [-0.25, -0.2) is 4.98 Å². The highest BCUT2D eigenvalue weighted by atomic mass is 16.6. The zero-order chi connectivity index (χ0) is 11.4. The molecule has 80 valence electrons. The molecule has 1 N–H and O–H groups in total. The van der Waals surface area contributed by atoms with E-state index in [-0.39, 0.29) is 17.1 Å². The van der Waals surface area contributed by atoms with E-state index < -0.39 is 10.8 Å². The molecule has 0 bridgehead atoms. The van der Waals surface area contributed by atoms with E-state index in [0.29, 0.717) is 0 Å². The van der Waals surface area contributed by atoms with Crippen LogP contribution in [-0.4, -0.2) is 30.0 Å². The highest BCUT2D eigenvalue weighted by Crippen LogP contribution is 2.21. The number of carbonyl (C=O) groups is 1. The van der Waals surface area contributed by atoms with Crippen molar-refractivity contribution in [2.45, 2.75) is 0 Å². The molecule has 0 fully saturated rings. The van der Waals surface area contributed by atoms with Gasteiger partial charge in [0.2, 0.25) is 0 Å². The van der Waals surface area contributed by atoms with E-state index in [0.717, 1.165) is 12.3 Å². The molecule has 0 aromatic carbocycles. The lowest BCUT2D eigenvalue weighted by Crippen LogP contribution is -2.20. The summed E-state index contributed by atoms with van der Waals surface area (Å²) >= 11 is 0. The Morgan fingerprint density at radius 2 is 2.33 bits per heavy atom. The van der Waals surface area contributed by atoms with Crippen molar-refractivity contribution in [3.63, 3.8) is 0 Å². The first-order valence-electron chi connectivity index (χ1n) is 4.00. The number of hydrogen-bond acceptors (Lipinski definition) is 5. The maximum absolute atomic E-state index is 11.3. The molecule has 7 heteroatoms. The molecule has 7 nitrogen and oxygen atoms in total. The summed E-state index contributed by atoms with van der Waals surface area (Å²) in [7, 11) is 2.75. The number of nitro groups is 1. The van der Waals surface area contributed by atoms with Gasteiger partial charge in [-0.15, -0.1) is 0 Å². The molecule has 0 aliphatic heterocycles. The summed E-state index contributed by atoms with van der Waals surface area (Å²) in [4.78, 5) is 24.7. The van der Waals surface area contributed by atoms with Gasteiger partial charge in [0, 0.05) is 7.05 Å². The SMILES string of the molecule is CNC(=O)c1ncc([N+](=O)[O-])cc1OC. The molecule has 0 saturated heterocycles. The van der Waals surface area contributed by atoms with Crippen LogP contribution in [0.3, 0.4) is 0 Å². The molecule has 0 radical (unpaired) electrons. The predicted octanol–water partition coefficient (Wildman–Crippen LogP) is 0.358. The lowest BCUT2D eigenvalue weighted by Gasteiger charge is -2.05. The van der Waals surface area contributed by atoms with Gasteiger partial charge in [-0.2, -0.15) is 0 Å². The van der Waals surface area contributed by atoms with E-state index in [1.165, 1.54) is 14.2 Å². The molecule has 0 atom stereocenters. The average Bonchev–Trinajstić information content (AvgIpc) is 2.27. The van der Waals surface area contributed by atoms with Crippen LogP contribution in [0.15, 0.2) is 12.3 Å². The highest BCUT2D eigenvalue weighted by Gasteiger charge is 2.17. The molecule has 0 aliphatic carbocycles. The van der Waals surface area contributed by atoms with E-state index >= 15 is 0 Å². The largest absolute Gasteiger partial charge is 0.494 e. The maximum Gasteiger partial charge on any atom is 0.291 e. The standard InChI is InChI=1S/C8H9N3O4/c1-9-8(12)7-6(15-2)3-5(4-10-7)11(13)14/h3-4H,1-2H3,(H,9,12). The normalized spacial score (nSPS) is 9.47. The highest BCUT2D eigenvalue weighted by molar-refractivity contribution is 5.94. The third-order valence-corrected chi connectivity index (χ3v) is 1.71. The third kappa shape index (κ3) is 2.19. The van der Waals surface area contributed by atoms with Crippen molar-refractivity contribution >= 4 is 11.6 Å². The molecule has 0 aliphatic rings. The first kappa shape index (κ1) is 10.9. The number of nitrogens with one attached hydrogen (secondary N) is 1. The Labute approximate surface area is 85.2 Å². The van der Waals surface area contributed by atoms with Crippen LogP contribution in [0.4, 0.5) is 5.69 Å². The fraction of sp³-hybridized carbons (Fsp3) is 0.250. The van der Waals surface area contributed by atoms with Gasteiger partial charge in [0.05, 0.1) is 18.1 Å². The van der Waals surface area contributed by atoms with Crippen molar-refractivity contribution in [3.05, 3.63) is 28.1 Å². The Bertz CT molecular complexity index is 405. The van der Waals surface area contributed by atoms with Gasteiger partial charge in [-0.05, 0) is 0 Å². The smallest absolute Gasteiger partial charge is 0.291 e. The third-order valence-electron chi connectivity index (χ3n) is 1.71. The van der Waals surface area contributed by atoms with Gasteiger partial charge in [0.25, 0.3) is 11.6 Å². The number of methoxy groups -OCH3 is 1. The number of aromatic nitrogens is 1. The van der Waals surface area contributed by atoms with E-state index in [1.54, 1.807) is 0 Å². The van der Waals surface area contributed by atoms with Gasteiger partial charge in [0.1, 0.15) is 6.20 Å². The molecule has 1 rings (SSSR count). The van der Waals surface area contributed by atoms with Gasteiger partial charge in [-0.3, -0.25) is 14.9 Å². The van der Waals surface area contributed by atoms with Crippen molar-refractivity contribution in [3.8, 4) is 5.75 Å². The van der Waals surface area contributed by atoms with Crippen molar-refractivity contribution in [1.82, 2.24) is 10.3 Å². The van der Waals surface area contributed by atoms with Crippen LogP contribution in [0.25, 0.3) is 0 Å². The summed E-state index contributed by atoms with van der Waals surface area (Å²) in [5.74, 6) is -0.384. The molecular weight excluding hydrogens is 202 g/mol. The molecule has 0 spiro atoms. The fourth-order valence-corrected chi connectivity index (χ4v) is 0.979. The summed E-state index contributed by atoms with van der Waals surface area (Å²) in [5, 5.41) is 12.8.